The molecule has 0 aromatic rings. The van der Waals surface area contributed by atoms with Crippen LogP contribution in [-0.2, 0) is 4.79 Å². The lowest BCUT2D eigenvalue weighted by molar-refractivity contribution is -0.130. The number of nitrogens with zero attached hydrogens (tertiary/aromatic N) is 2. The highest BCUT2D eigenvalue weighted by Crippen LogP contribution is 2.34. The van der Waals surface area contributed by atoms with Crippen LogP contribution in [0.15, 0.2) is 0 Å². The van der Waals surface area contributed by atoms with E-state index in [-0.39, 0.29) is 5.91 Å². The van der Waals surface area contributed by atoms with Crippen molar-refractivity contribution in [3.8, 4) is 0 Å². The van der Waals surface area contributed by atoms with Crippen LogP contribution in [0.4, 0.5) is 0 Å². The topological polar surface area (TPSA) is 49.6 Å². The standard InChI is InChI=1S/C16H31N3O/c1-3-5-13-6-7-14(11-17)15(10-13)19-9-4-8-18(2)16(20)12-19/h13-15H,3-12,17H2,1-2H3. The maximum Gasteiger partial charge on any atom is 0.236 e. The van der Waals surface area contributed by atoms with Crippen LogP contribution in [-0.4, -0.2) is 55.0 Å². The Morgan fingerprint density at radius 2 is 2.10 bits per heavy atom. The summed E-state index contributed by atoms with van der Waals surface area (Å²) in [5, 5.41) is 0. The van der Waals surface area contributed by atoms with Crippen molar-refractivity contribution < 1.29 is 4.79 Å². The van der Waals surface area contributed by atoms with E-state index in [2.05, 4.69) is 11.8 Å². The molecule has 3 unspecified atom stereocenters. The molecule has 4 heteroatoms. The molecule has 1 heterocycles. The van der Waals surface area contributed by atoms with Crippen LogP contribution < -0.4 is 5.73 Å². The molecule has 1 saturated heterocycles. The fraction of sp³-hybridized carbons (Fsp3) is 0.938. The van der Waals surface area contributed by atoms with E-state index in [1.807, 2.05) is 11.9 Å². The molecule has 2 N–H and O–H groups in total. The van der Waals surface area contributed by atoms with E-state index in [4.69, 9.17) is 5.73 Å². The first-order chi connectivity index (χ1) is 9.65. The van der Waals surface area contributed by atoms with Gasteiger partial charge in [-0.3, -0.25) is 9.69 Å². The van der Waals surface area contributed by atoms with Crippen LogP contribution in [0.25, 0.3) is 0 Å². The Hall–Kier alpha value is -0.610. The second kappa shape index (κ2) is 7.41. The molecule has 2 aliphatic rings. The average molecular weight is 281 g/mol. The molecule has 0 radical (unpaired) electrons. The molecule has 0 bridgehead atoms. The molecular formula is C16H31N3O. The first kappa shape index (κ1) is 15.8. The van der Waals surface area contributed by atoms with Gasteiger partial charge in [-0.05, 0) is 37.6 Å². The minimum absolute atomic E-state index is 0.274. The smallest absolute Gasteiger partial charge is 0.236 e. The predicted octanol–water partition coefficient (Wildman–Crippen LogP) is 1.69. The van der Waals surface area contributed by atoms with Gasteiger partial charge in [-0.25, -0.2) is 0 Å². The Kier molecular flexibility index (Phi) is 5.85. The molecule has 2 rings (SSSR count). The van der Waals surface area contributed by atoms with Crippen LogP contribution in [0, 0.1) is 11.8 Å². The maximum atomic E-state index is 12.1. The zero-order valence-corrected chi connectivity index (χ0v) is 13.2. The third-order valence-corrected chi connectivity index (χ3v) is 5.24. The maximum absolute atomic E-state index is 12.1. The summed E-state index contributed by atoms with van der Waals surface area (Å²) in [7, 11) is 1.92. The van der Waals surface area contributed by atoms with Gasteiger partial charge in [0.05, 0.1) is 6.54 Å². The van der Waals surface area contributed by atoms with Crippen molar-refractivity contribution in [1.82, 2.24) is 9.80 Å². The number of hydrogen-bond donors (Lipinski definition) is 1. The molecule has 4 nitrogen and oxygen atoms in total. The summed E-state index contributed by atoms with van der Waals surface area (Å²) in [5.41, 5.74) is 6.00. The van der Waals surface area contributed by atoms with Gasteiger partial charge in [0, 0.05) is 26.2 Å². The molecule has 2 fully saturated rings. The van der Waals surface area contributed by atoms with E-state index in [9.17, 15) is 4.79 Å². The van der Waals surface area contributed by atoms with E-state index >= 15 is 0 Å². The molecule has 0 aromatic heterocycles. The normalized spacial score (nSPS) is 33.2. The lowest BCUT2D eigenvalue weighted by atomic mass is 9.76. The van der Waals surface area contributed by atoms with Gasteiger partial charge in [0.1, 0.15) is 0 Å². The first-order valence-corrected chi connectivity index (χ1v) is 8.33. The van der Waals surface area contributed by atoms with E-state index in [0.29, 0.717) is 18.5 Å². The van der Waals surface area contributed by atoms with Gasteiger partial charge in [0.15, 0.2) is 0 Å². The molecular weight excluding hydrogens is 250 g/mol. The van der Waals surface area contributed by atoms with E-state index < -0.39 is 0 Å². The fourth-order valence-corrected chi connectivity index (χ4v) is 3.98. The van der Waals surface area contributed by atoms with Crippen molar-refractivity contribution >= 4 is 5.91 Å². The van der Waals surface area contributed by atoms with E-state index in [1.54, 1.807) is 0 Å². The molecule has 20 heavy (non-hydrogen) atoms. The second-order valence-electron chi connectivity index (χ2n) is 6.67. The Labute approximate surface area is 123 Å². The first-order valence-electron chi connectivity index (χ1n) is 8.33. The van der Waals surface area contributed by atoms with Crippen molar-refractivity contribution in [1.29, 1.82) is 0 Å². The minimum atomic E-state index is 0.274. The van der Waals surface area contributed by atoms with Gasteiger partial charge in [0.25, 0.3) is 0 Å². The largest absolute Gasteiger partial charge is 0.345 e. The van der Waals surface area contributed by atoms with E-state index in [1.165, 1.54) is 32.1 Å². The third-order valence-electron chi connectivity index (χ3n) is 5.24. The summed E-state index contributed by atoms with van der Waals surface area (Å²) < 4.78 is 0. The number of rotatable bonds is 4. The minimum Gasteiger partial charge on any atom is -0.345 e. The van der Waals surface area contributed by atoms with Gasteiger partial charge in [-0.1, -0.05) is 26.2 Å². The monoisotopic (exact) mass is 281 g/mol. The molecule has 116 valence electrons. The van der Waals surface area contributed by atoms with Crippen molar-refractivity contribution in [3.63, 3.8) is 0 Å². The molecule has 0 spiro atoms. The third kappa shape index (κ3) is 3.73. The second-order valence-corrected chi connectivity index (χ2v) is 6.67. The molecule has 1 saturated carbocycles. The number of hydrogen-bond acceptors (Lipinski definition) is 3. The van der Waals surface area contributed by atoms with Crippen LogP contribution in [0.1, 0.15) is 45.4 Å². The molecule has 1 aliphatic carbocycles. The highest BCUT2D eigenvalue weighted by atomic mass is 16.2. The van der Waals surface area contributed by atoms with Crippen LogP contribution in [0.3, 0.4) is 0 Å². The summed E-state index contributed by atoms with van der Waals surface area (Å²) in [6.45, 7) is 5.58. The molecule has 3 atom stereocenters. The molecule has 1 amide bonds. The zero-order chi connectivity index (χ0) is 14.5. The molecule has 0 aromatic carbocycles. The van der Waals surface area contributed by atoms with Crippen molar-refractivity contribution in [3.05, 3.63) is 0 Å². The van der Waals surface area contributed by atoms with Gasteiger partial charge >= 0.3 is 0 Å². The Morgan fingerprint density at radius 1 is 1.30 bits per heavy atom. The van der Waals surface area contributed by atoms with Crippen LogP contribution >= 0.6 is 0 Å². The highest BCUT2D eigenvalue weighted by molar-refractivity contribution is 5.78. The van der Waals surface area contributed by atoms with Crippen LogP contribution in [0.2, 0.25) is 0 Å². The number of nitrogens with two attached hydrogens (primary N) is 1. The fourth-order valence-electron chi connectivity index (χ4n) is 3.98. The number of carbonyl (C=O) groups is 1. The van der Waals surface area contributed by atoms with Gasteiger partial charge in [0.2, 0.25) is 5.91 Å². The highest BCUT2D eigenvalue weighted by Gasteiger charge is 2.35. The van der Waals surface area contributed by atoms with Crippen molar-refractivity contribution in [2.24, 2.45) is 17.6 Å². The SMILES string of the molecule is CCCC1CCC(CN)C(N2CCCN(C)C(=O)C2)C1. The Balaban J connectivity index is 2.03. The summed E-state index contributed by atoms with van der Waals surface area (Å²) in [4.78, 5) is 16.4. The molecule has 1 aliphatic heterocycles. The Morgan fingerprint density at radius 3 is 2.80 bits per heavy atom. The lowest BCUT2D eigenvalue weighted by Gasteiger charge is -2.42. The summed E-state index contributed by atoms with van der Waals surface area (Å²) in [5.74, 6) is 1.69. The van der Waals surface area contributed by atoms with Gasteiger partial charge < -0.3 is 10.6 Å². The van der Waals surface area contributed by atoms with Crippen LogP contribution in [0.5, 0.6) is 0 Å². The van der Waals surface area contributed by atoms with E-state index in [0.717, 1.165) is 32.0 Å². The zero-order valence-electron chi connectivity index (χ0n) is 13.2. The number of carbonyl (C=O) groups excluding carboxylic acids is 1. The quantitative estimate of drug-likeness (QED) is 0.853. The predicted molar refractivity (Wildman–Crippen MR) is 82.4 cm³/mol. The van der Waals surface area contributed by atoms with Gasteiger partial charge in [-0.15, -0.1) is 0 Å². The average Bonchev–Trinajstić information content (AvgIpc) is 2.61. The Bertz CT molecular complexity index is 321. The summed E-state index contributed by atoms with van der Waals surface area (Å²) in [6, 6.07) is 0.528. The number of amides is 1. The summed E-state index contributed by atoms with van der Waals surface area (Å²) in [6.07, 6.45) is 7.50. The van der Waals surface area contributed by atoms with Gasteiger partial charge in [-0.2, -0.15) is 0 Å². The summed E-state index contributed by atoms with van der Waals surface area (Å²) >= 11 is 0. The number of likely N-dealkylation sites (N-methyl/N-ethyl adjacent to an activating group) is 1. The van der Waals surface area contributed by atoms with Crippen molar-refractivity contribution in [2.75, 3.05) is 33.2 Å². The van der Waals surface area contributed by atoms with Crippen molar-refractivity contribution in [2.45, 2.75) is 51.5 Å². The lowest BCUT2D eigenvalue weighted by Crippen LogP contribution is -2.49.